The molecule has 0 fully saturated rings. The van der Waals surface area contributed by atoms with Crippen LogP contribution in [-0.4, -0.2) is 46.5 Å². The molecular formula is C64H69ClN6O7. The third-order valence-electron chi connectivity index (χ3n) is 15.4. The van der Waals surface area contributed by atoms with Gasteiger partial charge < -0.3 is 56.8 Å². The molecule has 0 aromatic heterocycles. The Morgan fingerprint density at radius 3 is 1.24 bits per heavy atom. The second kappa shape index (κ2) is 23.2. The molecule has 0 aliphatic carbocycles. The maximum absolute atomic E-state index is 10.9. The number of nitrogens with zero attached hydrogens (tertiary/aromatic N) is 2. The summed E-state index contributed by atoms with van der Waals surface area (Å²) in [4.78, 5) is 8.52. The van der Waals surface area contributed by atoms with Crippen molar-refractivity contribution in [2.24, 2.45) is 32.9 Å². The van der Waals surface area contributed by atoms with Gasteiger partial charge in [0.05, 0.1) is 36.8 Å². The molecule has 2 aliphatic rings. The zero-order chi connectivity index (χ0) is 53.8. The highest BCUT2D eigenvalue weighted by Gasteiger charge is 2.36. The van der Waals surface area contributed by atoms with E-state index in [4.69, 9.17) is 46.6 Å². The number of ether oxygens (including phenoxy) is 5. The number of aromatic hydroxyl groups is 2. The average Bonchev–Trinajstić information content (AvgIpc) is 3.51. The second-order valence-corrected chi connectivity index (χ2v) is 21.0. The Morgan fingerprint density at radius 2 is 0.885 bits per heavy atom. The smallest absolute Gasteiger partial charge is 0.191 e. The van der Waals surface area contributed by atoms with Gasteiger partial charge in [-0.1, -0.05) is 97.1 Å². The first kappa shape index (κ1) is 54.7. The lowest BCUT2D eigenvalue weighted by atomic mass is 9.86. The van der Waals surface area contributed by atoms with Crippen LogP contribution in [0.3, 0.4) is 0 Å². The van der Waals surface area contributed by atoms with Crippen LogP contribution in [0.25, 0.3) is 21.5 Å². The molecule has 0 spiro atoms. The highest BCUT2D eigenvalue weighted by molar-refractivity contribution is 5.97. The van der Waals surface area contributed by atoms with E-state index in [0.717, 1.165) is 115 Å². The summed E-state index contributed by atoms with van der Waals surface area (Å²) >= 11 is 0. The Bertz CT molecular complexity index is 3240. The molecule has 2 aliphatic heterocycles. The summed E-state index contributed by atoms with van der Waals surface area (Å²) < 4.78 is 33.5. The lowest BCUT2D eigenvalue weighted by molar-refractivity contribution is -0.0149. The van der Waals surface area contributed by atoms with Gasteiger partial charge in [-0.15, -0.1) is 12.4 Å². The van der Waals surface area contributed by atoms with Crippen molar-refractivity contribution < 1.29 is 33.9 Å². The van der Waals surface area contributed by atoms with E-state index in [1.165, 1.54) is 0 Å². The number of phenols is 2. The van der Waals surface area contributed by atoms with Crippen LogP contribution < -0.4 is 41.9 Å². The predicted molar refractivity (Wildman–Crippen MR) is 314 cm³/mol. The van der Waals surface area contributed by atoms with Crippen LogP contribution in [0, 0.1) is 13.8 Å². The largest absolute Gasteiger partial charge is 0.507 e. The van der Waals surface area contributed by atoms with Crippen molar-refractivity contribution in [1.29, 1.82) is 0 Å². The number of hydrogen-bond acceptors (Lipinski definition) is 9. The van der Waals surface area contributed by atoms with Crippen molar-refractivity contribution in [3.05, 3.63) is 190 Å². The molecule has 4 atom stereocenters. The van der Waals surface area contributed by atoms with E-state index >= 15 is 0 Å². The van der Waals surface area contributed by atoms with E-state index in [9.17, 15) is 10.2 Å². The summed E-state index contributed by atoms with van der Waals surface area (Å²) in [6.07, 6.45) is 4.96. The molecule has 10 rings (SSSR count). The van der Waals surface area contributed by atoms with Crippen molar-refractivity contribution in [1.82, 2.24) is 0 Å². The first-order chi connectivity index (χ1) is 37.1. The fourth-order valence-corrected chi connectivity index (χ4v) is 10.8. The normalized spacial score (nSPS) is 17.3. The van der Waals surface area contributed by atoms with E-state index in [1.54, 1.807) is 0 Å². The first-order valence-electron chi connectivity index (χ1n) is 26.4. The molecule has 404 valence electrons. The van der Waals surface area contributed by atoms with Crippen LogP contribution in [-0.2, 0) is 30.4 Å². The molecule has 78 heavy (non-hydrogen) atoms. The van der Waals surface area contributed by atoms with Gasteiger partial charge in [-0.2, -0.15) is 0 Å². The predicted octanol–water partition coefficient (Wildman–Crippen LogP) is 12.6. The summed E-state index contributed by atoms with van der Waals surface area (Å²) in [5, 5.41) is 25.3. The zero-order valence-electron chi connectivity index (χ0n) is 44.6. The molecule has 0 bridgehead atoms. The van der Waals surface area contributed by atoms with Crippen LogP contribution in [0.5, 0.6) is 34.5 Å². The average molecular weight is 1070 g/mol. The molecule has 13 nitrogen and oxygen atoms in total. The minimum Gasteiger partial charge on any atom is -0.507 e. The minimum absolute atomic E-state index is 0. The zero-order valence-corrected chi connectivity index (χ0v) is 45.4. The molecule has 8 aromatic rings. The van der Waals surface area contributed by atoms with Crippen molar-refractivity contribution in [2.45, 2.75) is 102 Å². The molecule has 0 saturated heterocycles. The van der Waals surface area contributed by atoms with E-state index in [0.29, 0.717) is 61.8 Å². The number of hydrogen-bond donors (Lipinski definition) is 6. The van der Waals surface area contributed by atoms with E-state index in [2.05, 4.69) is 48.1 Å². The van der Waals surface area contributed by atoms with E-state index in [1.807, 2.05) is 135 Å². The number of halogens is 1. The maximum Gasteiger partial charge on any atom is 0.191 e. The molecule has 0 amide bonds. The van der Waals surface area contributed by atoms with Gasteiger partial charge in [-0.05, 0) is 135 Å². The Balaban J connectivity index is 0.00000740. The number of aliphatic imine (C=N–C) groups is 2. The first-order valence-corrected chi connectivity index (χ1v) is 26.4. The number of fused-ring (bicyclic) bond motifs is 6. The van der Waals surface area contributed by atoms with Gasteiger partial charge in [0.15, 0.2) is 11.9 Å². The summed E-state index contributed by atoms with van der Waals surface area (Å²) in [7, 11) is 0. The summed E-state index contributed by atoms with van der Waals surface area (Å²) in [5.41, 5.74) is 31.3. The molecule has 10 N–H and O–H groups in total. The Hall–Kier alpha value is -8.13. The molecule has 0 radical (unpaired) electrons. The van der Waals surface area contributed by atoms with Crippen molar-refractivity contribution >= 4 is 57.2 Å². The van der Waals surface area contributed by atoms with Gasteiger partial charge in [-0.25, -0.2) is 9.98 Å². The topological polar surface area (TPSA) is 215 Å². The van der Waals surface area contributed by atoms with Crippen LogP contribution >= 0.6 is 12.4 Å². The van der Waals surface area contributed by atoms with Crippen molar-refractivity contribution in [3.63, 3.8) is 0 Å². The quantitative estimate of drug-likeness (QED) is 0.0351. The van der Waals surface area contributed by atoms with Gasteiger partial charge in [0.2, 0.25) is 0 Å². The molecule has 0 saturated carbocycles. The fourth-order valence-electron chi connectivity index (χ4n) is 10.8. The number of guanidine groups is 2. The third kappa shape index (κ3) is 12.2. The molecule has 2 heterocycles. The summed E-state index contributed by atoms with van der Waals surface area (Å²) in [5.74, 6) is 3.86. The van der Waals surface area contributed by atoms with Crippen LogP contribution in [0.2, 0.25) is 0 Å². The van der Waals surface area contributed by atoms with Gasteiger partial charge in [0.1, 0.15) is 45.7 Å². The van der Waals surface area contributed by atoms with E-state index < -0.39 is 23.4 Å². The number of rotatable bonds is 18. The number of phenolic OH excluding ortho intramolecular Hbond substituents is 2. The SMILES string of the molecule is Cc1c2c(c3ccccc3c1O)OC(C)(CCOc1ccc(CC(OC(Cc3ccc(OCCC4(C)CCc5c(C)c(O)c6ccccc6c5O4)cc3)c3ccc(N=C(N)N)cc3)c3ccc(N=C(N)N)cc3)cc1)CC2.Cl. The van der Waals surface area contributed by atoms with Crippen molar-refractivity contribution in [2.75, 3.05) is 13.2 Å². The van der Waals surface area contributed by atoms with Crippen molar-refractivity contribution in [3.8, 4) is 34.5 Å². The fraction of sp³-hybridized carbons (Fsp3) is 0.281. The van der Waals surface area contributed by atoms with E-state index in [-0.39, 0.29) is 24.3 Å². The van der Waals surface area contributed by atoms with Gasteiger partial charge in [0, 0.05) is 58.4 Å². The van der Waals surface area contributed by atoms with Crippen LogP contribution in [0.1, 0.15) is 96.2 Å². The Kier molecular flexibility index (Phi) is 16.3. The number of nitrogens with two attached hydrogens (primary N) is 4. The lowest BCUT2D eigenvalue weighted by Gasteiger charge is -2.37. The van der Waals surface area contributed by atoms with Crippen LogP contribution in [0.15, 0.2) is 156 Å². The third-order valence-corrected chi connectivity index (χ3v) is 15.4. The lowest BCUT2D eigenvalue weighted by Crippen LogP contribution is -2.38. The van der Waals surface area contributed by atoms with Gasteiger partial charge in [-0.3, -0.25) is 0 Å². The molecule has 8 aromatic carbocycles. The number of benzene rings is 8. The standard InChI is InChI=1S/C64H68N6O7.ClH/c1-39-49-29-31-63(3,76-59(49)53-11-7-5-9-51(53)57(39)71)33-35-73-47-25-13-41(14-26-47)37-55(43-17-21-45(22-18-43)69-61(65)66)75-56(44-19-23-46(24-20-44)70-62(67)68)38-42-15-27-48(28-16-42)74-36-34-64(4)32-30-50-40(2)58(72)52-10-6-8-12-54(52)60(50)77-64;/h5-28,55-56,71-72H,29-38H2,1-4H3,(H4,65,66,69)(H4,67,68,70);1H. The monoisotopic (exact) mass is 1070 g/mol. The Morgan fingerprint density at radius 1 is 0.526 bits per heavy atom. The highest BCUT2D eigenvalue weighted by Crippen LogP contribution is 2.48. The summed E-state index contributed by atoms with van der Waals surface area (Å²) in [6, 6.07) is 47.7. The molecule has 4 unspecified atom stereocenters. The summed E-state index contributed by atoms with van der Waals surface area (Å²) in [6.45, 7) is 9.17. The maximum atomic E-state index is 10.9. The van der Waals surface area contributed by atoms with Crippen LogP contribution in [0.4, 0.5) is 11.4 Å². The highest BCUT2D eigenvalue weighted by atomic mass is 35.5. The molecule has 14 heteroatoms. The van der Waals surface area contributed by atoms with Gasteiger partial charge in [0.25, 0.3) is 0 Å². The Labute approximate surface area is 462 Å². The minimum atomic E-state index is -0.431. The second-order valence-electron chi connectivity index (χ2n) is 21.0. The molecular weight excluding hydrogens is 1000 g/mol. The van der Waals surface area contributed by atoms with Gasteiger partial charge >= 0.3 is 0 Å².